The maximum atomic E-state index is 14.1. The molecule has 0 aromatic heterocycles. The molecule has 1 aliphatic rings. The minimum absolute atomic E-state index is 0.123. The molecule has 6 atom stereocenters. The highest BCUT2D eigenvalue weighted by Gasteiger charge is 2.50. The topological polar surface area (TPSA) is 157 Å². The number of rotatable bonds is 15. The molecule has 0 saturated carbocycles. The van der Waals surface area contributed by atoms with Gasteiger partial charge in [0.1, 0.15) is 18.1 Å². The molecule has 1 aromatic rings. The molecule has 1 fully saturated rings. The molecule has 0 bridgehead atoms. The molecule has 1 aliphatic heterocycles. The van der Waals surface area contributed by atoms with Crippen LogP contribution in [0.15, 0.2) is 30.3 Å². The molecule has 5 N–H and O–H groups in total. The molecule has 5 amide bonds. The van der Waals surface area contributed by atoms with Gasteiger partial charge in [0.15, 0.2) is 6.10 Å². The number of amides is 5. The summed E-state index contributed by atoms with van der Waals surface area (Å²) in [6.45, 7) is 21.3. The maximum absolute atomic E-state index is 14.1. The van der Waals surface area contributed by atoms with Crippen molar-refractivity contribution in [2.75, 3.05) is 12.4 Å². The minimum atomic E-state index is -1.69. The smallest absolute Gasteiger partial charge is 0.254 e. The van der Waals surface area contributed by atoms with Crippen molar-refractivity contribution in [2.45, 2.75) is 137 Å². The van der Waals surface area contributed by atoms with E-state index in [1.54, 1.807) is 0 Å². The fourth-order valence-electron chi connectivity index (χ4n) is 5.66. The largest absolute Gasteiger partial charge is 0.381 e. The minimum Gasteiger partial charge on any atom is -0.381 e. The lowest BCUT2D eigenvalue weighted by Crippen LogP contribution is -2.63. The highest BCUT2D eigenvalue weighted by Crippen LogP contribution is 2.40. The van der Waals surface area contributed by atoms with Crippen LogP contribution in [0.1, 0.15) is 101 Å². The van der Waals surface area contributed by atoms with Crippen molar-refractivity contribution >= 4 is 41.3 Å². The molecule has 1 saturated heterocycles. The third-order valence-electron chi connectivity index (χ3n) is 8.83. The van der Waals surface area contributed by atoms with Crippen molar-refractivity contribution in [1.29, 1.82) is 0 Å². The Morgan fingerprint density at radius 3 is 2.10 bits per heavy atom. The van der Waals surface area contributed by atoms with Crippen LogP contribution in [0.2, 0.25) is 0 Å². The molecule has 0 spiro atoms. The fourth-order valence-corrected chi connectivity index (χ4v) is 6.80. The molecule has 1 aromatic carbocycles. The summed E-state index contributed by atoms with van der Waals surface area (Å²) in [6, 6.07) is 5.37. The van der Waals surface area contributed by atoms with Crippen molar-refractivity contribution in [1.82, 2.24) is 26.2 Å². The van der Waals surface area contributed by atoms with Crippen LogP contribution >= 0.6 is 11.8 Å². The number of aliphatic hydroxyl groups is 1. The van der Waals surface area contributed by atoms with Crippen molar-refractivity contribution in [3.63, 3.8) is 0 Å². The summed E-state index contributed by atoms with van der Waals surface area (Å²) in [5.74, 6) is -2.25. The Hall–Kier alpha value is -3.12. The lowest BCUT2D eigenvalue weighted by Gasteiger charge is -2.36. The van der Waals surface area contributed by atoms with Gasteiger partial charge in [0.05, 0.1) is 11.9 Å². The lowest BCUT2D eigenvalue weighted by atomic mass is 9.85. The third-order valence-corrected chi connectivity index (χ3v) is 10.2. The van der Waals surface area contributed by atoms with E-state index in [0.717, 1.165) is 5.56 Å². The predicted molar refractivity (Wildman–Crippen MR) is 195 cm³/mol. The van der Waals surface area contributed by atoms with Crippen LogP contribution in [0.25, 0.3) is 0 Å². The van der Waals surface area contributed by atoms with Crippen LogP contribution in [0.4, 0.5) is 0 Å². The number of nitrogens with zero attached hydrogens (tertiary/aromatic N) is 1. The number of hydrogen-bond donors (Lipinski definition) is 5. The molecular weight excluding hydrogens is 643 g/mol. The summed E-state index contributed by atoms with van der Waals surface area (Å²) in [4.78, 5) is 69.2. The number of carbonyl (C=O) groups is 5. The standard InChI is InChI=1S/C37H61N5O6S/c1-12-17-26(43)40-27(23(3)13-2)31(45)41-29(36(7,8)9)32(46)39-25(20-24-18-15-14-16-19-24)28(44)34(48)42-22-49-37(10,11)30(42)33(47)38-21-35(4,5)6/h14-16,18-19,23,25,27-30,44H,12-13,17,20-22H2,1-11H3,(H,38,47)(H,39,46)(H,40,43)(H,41,45)/t23-,25-,27-,28-,29+,30+/m0/s1. The second kappa shape index (κ2) is 17.7. The van der Waals surface area contributed by atoms with Crippen molar-refractivity contribution in [3.05, 3.63) is 35.9 Å². The van der Waals surface area contributed by atoms with Gasteiger partial charge in [0.25, 0.3) is 5.91 Å². The van der Waals surface area contributed by atoms with Crippen LogP contribution in [-0.4, -0.2) is 87.0 Å². The first-order chi connectivity index (χ1) is 22.6. The summed E-state index contributed by atoms with van der Waals surface area (Å²) in [7, 11) is 0. The molecule has 0 aliphatic carbocycles. The highest BCUT2D eigenvalue weighted by atomic mass is 32.2. The SMILES string of the molecule is CCCC(=O)N[C@H](C(=O)N[C@H](C(=O)N[C@@H](Cc1ccccc1)[C@H](O)C(=O)N1CSC(C)(C)[C@H]1C(=O)NCC(C)(C)C)C(C)(C)C)[C@@H](C)CC. The van der Waals surface area contributed by atoms with Gasteiger partial charge in [0, 0.05) is 17.7 Å². The van der Waals surface area contributed by atoms with Gasteiger partial charge in [-0.2, -0.15) is 0 Å². The number of aliphatic hydroxyl groups excluding tert-OH is 1. The average molecular weight is 704 g/mol. The van der Waals surface area contributed by atoms with Gasteiger partial charge in [-0.1, -0.05) is 99.1 Å². The highest BCUT2D eigenvalue weighted by molar-refractivity contribution is 8.00. The Balaban J connectivity index is 2.41. The zero-order valence-electron chi connectivity index (χ0n) is 31.4. The first kappa shape index (κ1) is 42.0. The predicted octanol–water partition coefficient (Wildman–Crippen LogP) is 3.78. The molecule has 12 heteroatoms. The van der Waals surface area contributed by atoms with Crippen molar-refractivity contribution in [3.8, 4) is 0 Å². The second-order valence-corrected chi connectivity index (χ2v) is 17.7. The van der Waals surface area contributed by atoms with Crippen LogP contribution in [0.5, 0.6) is 0 Å². The molecule has 49 heavy (non-hydrogen) atoms. The molecule has 276 valence electrons. The monoisotopic (exact) mass is 703 g/mol. The normalized spacial score (nSPS) is 19.2. The Labute approximate surface area is 297 Å². The zero-order valence-corrected chi connectivity index (χ0v) is 32.3. The first-order valence-corrected chi connectivity index (χ1v) is 18.5. The van der Waals surface area contributed by atoms with Crippen LogP contribution in [-0.2, 0) is 30.4 Å². The van der Waals surface area contributed by atoms with E-state index in [2.05, 4.69) is 21.3 Å². The summed E-state index contributed by atoms with van der Waals surface area (Å²) < 4.78 is -0.615. The van der Waals surface area contributed by atoms with Gasteiger partial charge < -0.3 is 31.3 Å². The Bertz CT molecular complexity index is 1290. The molecule has 0 unspecified atom stereocenters. The number of hydrogen-bond acceptors (Lipinski definition) is 7. The molecule has 11 nitrogen and oxygen atoms in total. The van der Waals surface area contributed by atoms with Crippen molar-refractivity contribution < 1.29 is 29.1 Å². The van der Waals surface area contributed by atoms with Crippen molar-refractivity contribution in [2.24, 2.45) is 16.7 Å². The Morgan fingerprint density at radius 2 is 1.57 bits per heavy atom. The van der Waals surface area contributed by atoms with Crippen LogP contribution < -0.4 is 21.3 Å². The van der Waals surface area contributed by atoms with Crippen LogP contribution in [0, 0.1) is 16.7 Å². The van der Waals surface area contributed by atoms with E-state index in [1.165, 1.54) is 16.7 Å². The number of nitrogens with one attached hydrogen (secondary N) is 4. The van der Waals surface area contributed by atoms with E-state index in [-0.39, 0.29) is 41.9 Å². The Morgan fingerprint density at radius 1 is 0.959 bits per heavy atom. The third kappa shape index (κ3) is 12.3. The molecule has 2 rings (SSSR count). The number of thioether (sulfide) groups is 1. The van der Waals surface area contributed by atoms with Gasteiger partial charge in [0.2, 0.25) is 23.6 Å². The molecular formula is C37H61N5O6S. The summed E-state index contributed by atoms with van der Waals surface area (Å²) in [5.41, 5.74) is -0.160. The van der Waals surface area contributed by atoms with Gasteiger partial charge in [-0.05, 0) is 49.0 Å². The van der Waals surface area contributed by atoms with E-state index in [0.29, 0.717) is 19.4 Å². The van der Waals surface area contributed by atoms with E-state index in [4.69, 9.17) is 0 Å². The number of carbonyl (C=O) groups excluding carboxylic acids is 5. The van der Waals surface area contributed by atoms with E-state index < -0.39 is 58.2 Å². The lowest BCUT2D eigenvalue weighted by molar-refractivity contribution is -0.148. The van der Waals surface area contributed by atoms with Gasteiger partial charge in [-0.15, -0.1) is 11.8 Å². The van der Waals surface area contributed by atoms with Crippen LogP contribution in [0.3, 0.4) is 0 Å². The fraction of sp³-hybridized carbons (Fsp3) is 0.703. The quantitative estimate of drug-likeness (QED) is 0.186. The summed E-state index contributed by atoms with van der Waals surface area (Å²) >= 11 is 1.45. The molecule has 1 heterocycles. The maximum Gasteiger partial charge on any atom is 0.254 e. The Kier molecular flexibility index (Phi) is 15.2. The molecule has 0 radical (unpaired) electrons. The first-order valence-electron chi connectivity index (χ1n) is 17.5. The second-order valence-electron chi connectivity index (χ2n) is 16.1. The van der Waals surface area contributed by atoms with Gasteiger partial charge in [-0.3, -0.25) is 24.0 Å². The van der Waals surface area contributed by atoms with E-state index in [9.17, 15) is 29.1 Å². The van der Waals surface area contributed by atoms with E-state index in [1.807, 2.05) is 106 Å². The number of benzene rings is 1. The summed E-state index contributed by atoms with van der Waals surface area (Å²) in [6.07, 6.45) is -0.0203. The zero-order chi connectivity index (χ0) is 37.3. The van der Waals surface area contributed by atoms with Gasteiger partial charge >= 0.3 is 0 Å². The average Bonchev–Trinajstić information content (AvgIpc) is 3.33. The summed E-state index contributed by atoms with van der Waals surface area (Å²) in [5, 5.41) is 23.3. The van der Waals surface area contributed by atoms with E-state index >= 15 is 0 Å². The van der Waals surface area contributed by atoms with Gasteiger partial charge in [-0.25, -0.2) is 0 Å².